The van der Waals surface area contributed by atoms with E-state index in [1.54, 1.807) is 30.3 Å². The van der Waals surface area contributed by atoms with Crippen LogP contribution in [0.4, 0.5) is 17.1 Å². The average molecular weight is 561 g/mol. The lowest BCUT2D eigenvalue weighted by Crippen LogP contribution is -2.30. The van der Waals surface area contributed by atoms with Gasteiger partial charge in [0.05, 0.1) is 32.9 Å². The van der Waals surface area contributed by atoms with Crippen LogP contribution in [0.1, 0.15) is 27.6 Å². The minimum atomic E-state index is -1.24. The van der Waals surface area contributed by atoms with E-state index in [0.29, 0.717) is 22.2 Å². The Balaban J connectivity index is 1.35. The van der Waals surface area contributed by atoms with Crippen molar-refractivity contribution in [1.29, 1.82) is 0 Å². The van der Waals surface area contributed by atoms with Gasteiger partial charge in [-0.2, -0.15) is 0 Å². The Hall–Kier alpha value is -5.90. The fourth-order valence-electron chi connectivity index (χ4n) is 4.30. The first-order chi connectivity index (χ1) is 20.3. The second kappa shape index (κ2) is 12.1. The Labute approximate surface area is 240 Å². The summed E-state index contributed by atoms with van der Waals surface area (Å²) in [5, 5.41) is 17.0. The van der Waals surface area contributed by atoms with Crippen LogP contribution in [0, 0.1) is 10.1 Å². The van der Waals surface area contributed by atoms with Crippen molar-refractivity contribution in [2.75, 3.05) is 10.6 Å². The molecule has 0 bridgehead atoms. The molecule has 2 amide bonds. The molecule has 1 atom stereocenters. The van der Waals surface area contributed by atoms with Gasteiger partial charge in [-0.1, -0.05) is 66.7 Å². The van der Waals surface area contributed by atoms with Crippen molar-refractivity contribution in [2.24, 2.45) is 0 Å². The molecule has 2 N–H and O–H groups in total. The number of nitrogens with zero attached hydrogens (tertiary/aromatic N) is 2. The highest BCUT2D eigenvalue weighted by atomic mass is 16.6. The zero-order valence-electron chi connectivity index (χ0n) is 22.3. The largest absolute Gasteiger partial charge is 0.449 e. The molecule has 1 heterocycles. The molecule has 1 unspecified atom stereocenters. The molecule has 0 saturated heterocycles. The number of anilines is 2. The van der Waals surface area contributed by atoms with Gasteiger partial charge in [-0.15, -0.1) is 0 Å². The molecule has 0 aliphatic rings. The van der Waals surface area contributed by atoms with Gasteiger partial charge >= 0.3 is 5.97 Å². The van der Waals surface area contributed by atoms with Crippen LogP contribution >= 0.6 is 0 Å². The number of nitro groups is 1. The summed E-state index contributed by atoms with van der Waals surface area (Å²) in [5.41, 5.74) is 2.70. The second-order valence-corrected chi connectivity index (χ2v) is 9.28. The lowest BCUT2D eigenvalue weighted by atomic mass is 10.0. The average Bonchev–Trinajstić information content (AvgIpc) is 3.01. The molecule has 0 aliphatic carbocycles. The fraction of sp³-hybridized carbons (Fsp3) is 0.0625. The number of carbonyl (C=O) groups excluding carboxylic acids is 3. The van der Waals surface area contributed by atoms with Crippen LogP contribution < -0.4 is 10.6 Å². The molecule has 10 heteroatoms. The molecule has 0 radical (unpaired) electrons. The smallest absolute Gasteiger partial charge is 0.341 e. The molecule has 10 nitrogen and oxygen atoms in total. The summed E-state index contributed by atoms with van der Waals surface area (Å²) in [4.78, 5) is 54.5. The molecule has 0 spiro atoms. The Bertz CT molecular complexity index is 1820. The number of esters is 1. The maximum Gasteiger partial charge on any atom is 0.341 e. The Kier molecular flexibility index (Phi) is 7.96. The van der Waals surface area contributed by atoms with Crippen LogP contribution in [0.25, 0.3) is 22.2 Å². The van der Waals surface area contributed by atoms with Crippen molar-refractivity contribution in [1.82, 2.24) is 4.98 Å². The predicted molar refractivity (Wildman–Crippen MR) is 158 cm³/mol. The van der Waals surface area contributed by atoms with E-state index in [1.807, 2.05) is 48.5 Å². The van der Waals surface area contributed by atoms with Gasteiger partial charge in [0.25, 0.3) is 17.5 Å². The van der Waals surface area contributed by atoms with Gasteiger partial charge in [0.15, 0.2) is 6.10 Å². The minimum absolute atomic E-state index is 0.0440. The lowest BCUT2D eigenvalue weighted by molar-refractivity contribution is -0.384. The molecule has 1 aromatic heterocycles. The summed E-state index contributed by atoms with van der Waals surface area (Å²) >= 11 is 0. The van der Waals surface area contributed by atoms with E-state index in [4.69, 9.17) is 9.72 Å². The number of carbonyl (C=O) groups is 3. The number of ether oxygens (including phenoxy) is 1. The maximum absolute atomic E-state index is 13.6. The van der Waals surface area contributed by atoms with Gasteiger partial charge in [-0.25, -0.2) is 9.78 Å². The van der Waals surface area contributed by atoms with Crippen molar-refractivity contribution in [3.63, 3.8) is 0 Å². The Morgan fingerprint density at radius 3 is 2.31 bits per heavy atom. The number of pyridine rings is 1. The number of aromatic nitrogens is 1. The van der Waals surface area contributed by atoms with Crippen LogP contribution in [-0.4, -0.2) is 33.8 Å². The third kappa shape index (κ3) is 6.13. The number of rotatable bonds is 8. The third-order valence-corrected chi connectivity index (χ3v) is 6.40. The van der Waals surface area contributed by atoms with Crippen molar-refractivity contribution in [3.8, 4) is 11.3 Å². The van der Waals surface area contributed by atoms with Gasteiger partial charge in [0.1, 0.15) is 0 Å². The second-order valence-electron chi connectivity index (χ2n) is 9.28. The van der Waals surface area contributed by atoms with E-state index in [1.165, 1.54) is 37.3 Å². The first kappa shape index (κ1) is 27.7. The highest BCUT2D eigenvalue weighted by Crippen LogP contribution is 2.27. The molecule has 4 aromatic carbocycles. The fourth-order valence-corrected chi connectivity index (χ4v) is 4.30. The topological polar surface area (TPSA) is 141 Å². The highest BCUT2D eigenvalue weighted by molar-refractivity contribution is 6.14. The zero-order valence-corrected chi connectivity index (χ0v) is 22.3. The van der Waals surface area contributed by atoms with Gasteiger partial charge in [0, 0.05) is 28.8 Å². The Morgan fingerprint density at radius 1 is 0.810 bits per heavy atom. The van der Waals surface area contributed by atoms with E-state index >= 15 is 0 Å². The summed E-state index contributed by atoms with van der Waals surface area (Å²) in [5.74, 6) is -1.97. The van der Waals surface area contributed by atoms with Crippen LogP contribution in [0.15, 0.2) is 109 Å². The number of nitro benzene ring substituents is 1. The first-order valence-electron chi connectivity index (χ1n) is 12.9. The number of fused-ring (bicyclic) bond motifs is 1. The van der Waals surface area contributed by atoms with E-state index in [9.17, 15) is 24.5 Å². The van der Waals surface area contributed by atoms with Gasteiger partial charge in [-0.3, -0.25) is 19.7 Å². The van der Waals surface area contributed by atoms with Crippen LogP contribution in [0.2, 0.25) is 0 Å². The number of hydrogen-bond donors (Lipinski definition) is 2. The molecular formula is C32H24N4O6. The molecule has 0 aliphatic heterocycles. The lowest BCUT2D eigenvalue weighted by Gasteiger charge is -2.16. The number of non-ortho nitro benzene ring substituents is 1. The van der Waals surface area contributed by atoms with Gasteiger partial charge in [-0.05, 0) is 37.3 Å². The first-order valence-corrected chi connectivity index (χ1v) is 12.9. The molecular weight excluding hydrogens is 536 g/mol. The highest BCUT2D eigenvalue weighted by Gasteiger charge is 2.23. The Morgan fingerprint density at radius 2 is 1.52 bits per heavy atom. The quantitative estimate of drug-likeness (QED) is 0.130. The van der Waals surface area contributed by atoms with E-state index in [2.05, 4.69) is 10.6 Å². The summed E-state index contributed by atoms with van der Waals surface area (Å²) < 4.78 is 5.38. The van der Waals surface area contributed by atoms with Crippen molar-refractivity contribution in [3.05, 3.63) is 130 Å². The monoisotopic (exact) mass is 560 g/mol. The number of amides is 2. The van der Waals surface area contributed by atoms with Gasteiger partial charge < -0.3 is 15.4 Å². The molecule has 42 heavy (non-hydrogen) atoms. The van der Waals surface area contributed by atoms with Crippen LogP contribution in [-0.2, 0) is 9.53 Å². The molecule has 5 aromatic rings. The number of nitrogens with one attached hydrogen (secondary N) is 2. The number of hydrogen-bond acceptors (Lipinski definition) is 7. The van der Waals surface area contributed by atoms with Crippen LogP contribution in [0.3, 0.4) is 0 Å². The van der Waals surface area contributed by atoms with Gasteiger partial charge in [0.2, 0.25) is 0 Å². The van der Waals surface area contributed by atoms with E-state index < -0.39 is 28.8 Å². The third-order valence-electron chi connectivity index (χ3n) is 6.40. The predicted octanol–water partition coefficient (Wildman–Crippen LogP) is 6.25. The molecule has 0 fully saturated rings. The number of benzene rings is 4. The summed E-state index contributed by atoms with van der Waals surface area (Å²) in [6, 6.07) is 30.2. The molecule has 5 rings (SSSR count). The number of para-hydroxylation sites is 2. The van der Waals surface area contributed by atoms with Crippen molar-refractivity contribution in [2.45, 2.75) is 13.0 Å². The molecule has 0 saturated carbocycles. The maximum atomic E-state index is 13.6. The van der Waals surface area contributed by atoms with E-state index in [0.717, 1.165) is 5.56 Å². The normalized spacial score (nSPS) is 11.4. The zero-order chi connectivity index (χ0) is 29.6. The van der Waals surface area contributed by atoms with E-state index in [-0.39, 0.29) is 22.6 Å². The SMILES string of the molecule is CC(OC(=O)c1ccccc1NC(=O)c1cc(-c2ccccc2)nc2ccccc12)C(=O)Nc1cccc([N+](=O)[O-])c1. The molecule has 208 valence electrons. The summed E-state index contributed by atoms with van der Waals surface area (Å²) in [6.07, 6.45) is -1.24. The van der Waals surface area contributed by atoms with Crippen LogP contribution in [0.5, 0.6) is 0 Å². The standard InChI is InChI=1S/C32H24N4O6/c1-20(30(37)33-22-12-9-13-23(18-22)36(40)41)42-32(39)25-15-6-8-17-28(25)35-31(38)26-19-29(21-10-3-2-4-11-21)34-27-16-7-5-14-24(26)27/h2-20H,1H3,(H,33,37)(H,35,38). The summed E-state index contributed by atoms with van der Waals surface area (Å²) in [7, 11) is 0. The summed E-state index contributed by atoms with van der Waals surface area (Å²) in [6.45, 7) is 1.37. The minimum Gasteiger partial charge on any atom is -0.449 e. The van der Waals surface area contributed by atoms with Crippen molar-refractivity contribution < 1.29 is 24.0 Å². The van der Waals surface area contributed by atoms with Crippen molar-refractivity contribution >= 4 is 45.7 Å².